The molecule has 2 heteroatoms. The fourth-order valence-corrected chi connectivity index (χ4v) is 2.97. The van der Waals surface area contributed by atoms with Crippen molar-refractivity contribution in [3.63, 3.8) is 0 Å². The Balaban J connectivity index is 1.71. The Morgan fingerprint density at radius 2 is 1.87 bits per heavy atom. The van der Waals surface area contributed by atoms with Crippen molar-refractivity contribution in [2.24, 2.45) is 17.8 Å². The summed E-state index contributed by atoms with van der Waals surface area (Å²) in [6, 6.07) is 0. The predicted molar refractivity (Wildman–Crippen MR) is 64.9 cm³/mol. The molecule has 0 aromatic heterocycles. The van der Waals surface area contributed by atoms with Crippen molar-refractivity contribution in [2.45, 2.75) is 12.8 Å². The van der Waals surface area contributed by atoms with Crippen LogP contribution in [0.3, 0.4) is 0 Å². The number of hydrogen-bond acceptors (Lipinski definition) is 2. The van der Waals surface area contributed by atoms with Gasteiger partial charge in [-0.15, -0.1) is 0 Å². The summed E-state index contributed by atoms with van der Waals surface area (Å²) in [7, 11) is 6.56. The Morgan fingerprint density at radius 1 is 1.07 bits per heavy atom. The highest BCUT2D eigenvalue weighted by Gasteiger charge is 2.35. The molecule has 86 valence electrons. The molecule has 0 aromatic rings. The molecule has 0 heterocycles. The van der Waals surface area contributed by atoms with Crippen LogP contribution in [0.2, 0.25) is 0 Å². The molecule has 2 bridgehead atoms. The summed E-state index contributed by atoms with van der Waals surface area (Å²) in [6.07, 6.45) is 7.76. The molecule has 0 aromatic carbocycles. The Bertz CT molecular complexity index is 235. The lowest BCUT2D eigenvalue weighted by Gasteiger charge is -2.26. The maximum absolute atomic E-state index is 2.50. The maximum atomic E-state index is 2.50. The molecule has 0 aliphatic heterocycles. The normalized spacial score (nSPS) is 33.5. The van der Waals surface area contributed by atoms with Crippen molar-refractivity contribution in [1.29, 1.82) is 0 Å². The lowest BCUT2D eigenvalue weighted by molar-refractivity contribution is 0.231. The van der Waals surface area contributed by atoms with Crippen LogP contribution < -0.4 is 0 Å². The molecule has 0 radical (unpaired) electrons. The third-order valence-electron chi connectivity index (χ3n) is 3.89. The van der Waals surface area contributed by atoms with E-state index in [9.17, 15) is 0 Å². The fourth-order valence-electron chi connectivity index (χ4n) is 2.97. The lowest BCUT2D eigenvalue weighted by atomic mass is 9.93. The molecule has 0 unspecified atom stereocenters. The zero-order chi connectivity index (χ0) is 10.8. The van der Waals surface area contributed by atoms with E-state index in [0.29, 0.717) is 0 Å². The van der Waals surface area contributed by atoms with Crippen LogP contribution >= 0.6 is 0 Å². The van der Waals surface area contributed by atoms with Crippen molar-refractivity contribution < 1.29 is 0 Å². The summed E-state index contributed by atoms with van der Waals surface area (Å²) in [5, 5.41) is 0. The molecule has 3 atom stereocenters. The first-order valence-corrected chi connectivity index (χ1v) is 6.16. The number of allylic oxidation sites excluding steroid dienone is 2. The van der Waals surface area contributed by atoms with Crippen LogP contribution in [0, 0.1) is 17.8 Å². The van der Waals surface area contributed by atoms with Gasteiger partial charge in [0.05, 0.1) is 0 Å². The second-order valence-electron chi connectivity index (χ2n) is 5.61. The third-order valence-corrected chi connectivity index (χ3v) is 3.89. The van der Waals surface area contributed by atoms with Crippen LogP contribution in [0.4, 0.5) is 0 Å². The number of likely N-dealkylation sites (N-methyl/N-ethyl adjacent to an activating group) is 2. The summed E-state index contributed by atoms with van der Waals surface area (Å²) in [5.74, 6) is 2.76. The summed E-state index contributed by atoms with van der Waals surface area (Å²) in [6.45, 7) is 3.66. The predicted octanol–water partition coefficient (Wildman–Crippen LogP) is 1.69. The van der Waals surface area contributed by atoms with Gasteiger partial charge in [-0.3, -0.25) is 0 Å². The van der Waals surface area contributed by atoms with Crippen LogP contribution in [0.25, 0.3) is 0 Å². The Kier molecular flexibility index (Phi) is 3.47. The van der Waals surface area contributed by atoms with Crippen molar-refractivity contribution in [3.8, 4) is 0 Å². The van der Waals surface area contributed by atoms with Gasteiger partial charge >= 0.3 is 0 Å². The molecule has 0 amide bonds. The van der Waals surface area contributed by atoms with Crippen LogP contribution in [0.15, 0.2) is 12.2 Å². The number of fused-ring (bicyclic) bond motifs is 2. The van der Waals surface area contributed by atoms with Gasteiger partial charge in [0.2, 0.25) is 0 Å². The van der Waals surface area contributed by atoms with Gasteiger partial charge in [0.1, 0.15) is 0 Å². The van der Waals surface area contributed by atoms with E-state index in [1.54, 1.807) is 0 Å². The van der Waals surface area contributed by atoms with Crippen LogP contribution in [0.5, 0.6) is 0 Å². The minimum absolute atomic E-state index is 0.900. The first kappa shape index (κ1) is 11.2. The monoisotopic (exact) mass is 208 g/mol. The SMILES string of the molecule is CN(C)CCN(C)C[C@H]1C[C@H]2C=C[C@H]1C2. The minimum atomic E-state index is 0.900. The van der Waals surface area contributed by atoms with Gasteiger partial charge in [-0.05, 0) is 51.7 Å². The van der Waals surface area contributed by atoms with Gasteiger partial charge in [-0.1, -0.05) is 12.2 Å². The molecule has 2 aliphatic rings. The van der Waals surface area contributed by atoms with E-state index in [-0.39, 0.29) is 0 Å². The van der Waals surface area contributed by atoms with Gasteiger partial charge in [0.15, 0.2) is 0 Å². The Morgan fingerprint density at radius 3 is 2.40 bits per heavy atom. The molecular weight excluding hydrogens is 184 g/mol. The van der Waals surface area contributed by atoms with E-state index >= 15 is 0 Å². The van der Waals surface area contributed by atoms with E-state index in [0.717, 1.165) is 17.8 Å². The third kappa shape index (κ3) is 2.82. The summed E-state index contributed by atoms with van der Waals surface area (Å²) < 4.78 is 0. The fraction of sp³-hybridized carbons (Fsp3) is 0.846. The standard InChI is InChI=1S/C13H24N2/c1-14(2)6-7-15(3)10-13-9-11-4-5-12(13)8-11/h4-5,11-13H,6-10H2,1-3H3/t11-,12-,13+/m0/s1. The van der Waals surface area contributed by atoms with Crippen molar-refractivity contribution in [2.75, 3.05) is 40.8 Å². The second-order valence-corrected chi connectivity index (χ2v) is 5.61. The number of rotatable bonds is 5. The zero-order valence-electron chi connectivity index (χ0n) is 10.3. The smallest absolute Gasteiger partial charge is 0.0106 e. The molecule has 0 spiro atoms. The van der Waals surface area contributed by atoms with Gasteiger partial charge in [-0.2, -0.15) is 0 Å². The largest absolute Gasteiger partial charge is 0.308 e. The van der Waals surface area contributed by atoms with Crippen molar-refractivity contribution >= 4 is 0 Å². The molecule has 2 nitrogen and oxygen atoms in total. The summed E-state index contributed by atoms with van der Waals surface area (Å²) in [4.78, 5) is 4.76. The van der Waals surface area contributed by atoms with Crippen molar-refractivity contribution in [3.05, 3.63) is 12.2 Å². The first-order chi connectivity index (χ1) is 7.15. The number of nitrogens with zero attached hydrogens (tertiary/aromatic N) is 2. The van der Waals surface area contributed by atoms with E-state index < -0.39 is 0 Å². The molecule has 2 aliphatic carbocycles. The van der Waals surface area contributed by atoms with Gasteiger partial charge in [-0.25, -0.2) is 0 Å². The highest BCUT2D eigenvalue weighted by Crippen LogP contribution is 2.43. The van der Waals surface area contributed by atoms with Crippen molar-refractivity contribution in [1.82, 2.24) is 9.80 Å². The molecule has 0 N–H and O–H groups in total. The summed E-state index contributed by atoms with van der Waals surface area (Å²) >= 11 is 0. The van der Waals surface area contributed by atoms with Crippen LogP contribution in [-0.2, 0) is 0 Å². The van der Waals surface area contributed by atoms with Gasteiger partial charge in [0.25, 0.3) is 0 Å². The molecule has 1 saturated carbocycles. The van der Waals surface area contributed by atoms with E-state index in [2.05, 4.69) is 43.1 Å². The molecule has 15 heavy (non-hydrogen) atoms. The second kappa shape index (κ2) is 4.67. The Labute approximate surface area is 93.9 Å². The Hall–Kier alpha value is -0.340. The average molecular weight is 208 g/mol. The van der Waals surface area contributed by atoms with Gasteiger partial charge in [0, 0.05) is 19.6 Å². The van der Waals surface area contributed by atoms with Crippen LogP contribution in [0.1, 0.15) is 12.8 Å². The first-order valence-electron chi connectivity index (χ1n) is 6.16. The molecule has 0 saturated heterocycles. The van der Waals surface area contributed by atoms with E-state index in [1.165, 1.54) is 32.5 Å². The zero-order valence-corrected chi connectivity index (χ0v) is 10.3. The molecular formula is C13H24N2. The van der Waals surface area contributed by atoms with E-state index in [1.807, 2.05) is 0 Å². The quantitative estimate of drug-likeness (QED) is 0.634. The average Bonchev–Trinajstić information content (AvgIpc) is 2.76. The van der Waals surface area contributed by atoms with Gasteiger partial charge < -0.3 is 9.80 Å². The molecule has 2 rings (SSSR count). The minimum Gasteiger partial charge on any atom is -0.308 e. The number of hydrogen-bond donors (Lipinski definition) is 0. The highest BCUT2D eigenvalue weighted by atomic mass is 15.1. The lowest BCUT2D eigenvalue weighted by Crippen LogP contribution is -2.33. The van der Waals surface area contributed by atoms with E-state index in [4.69, 9.17) is 0 Å². The maximum Gasteiger partial charge on any atom is 0.0106 e. The van der Waals surface area contributed by atoms with Crippen LogP contribution in [-0.4, -0.2) is 50.6 Å². The summed E-state index contributed by atoms with van der Waals surface area (Å²) in [5.41, 5.74) is 0. The highest BCUT2D eigenvalue weighted by molar-refractivity contribution is 5.10. The molecule has 1 fully saturated rings. The topological polar surface area (TPSA) is 6.48 Å².